The lowest BCUT2D eigenvalue weighted by molar-refractivity contribution is 0.0907. The van der Waals surface area contributed by atoms with Crippen molar-refractivity contribution in [1.82, 2.24) is 10.6 Å². The molecule has 0 aliphatic heterocycles. The molecular formula is C38H40F4N2O4. The molecule has 3 aromatic rings. The van der Waals surface area contributed by atoms with E-state index in [1.165, 1.54) is 87.1 Å². The topological polar surface area (TPSA) is 76.7 Å². The molecule has 4 fully saturated rings. The van der Waals surface area contributed by atoms with Crippen molar-refractivity contribution in [2.45, 2.75) is 77.3 Å². The number of fused-ring (bicyclic) bond motifs is 4. The number of halogens is 4. The molecule has 2 N–H and O–H groups in total. The Labute approximate surface area is 277 Å². The van der Waals surface area contributed by atoms with Crippen LogP contribution in [0, 0.1) is 58.8 Å². The minimum atomic E-state index is -1.78. The van der Waals surface area contributed by atoms with Crippen LogP contribution in [-0.2, 0) is 0 Å². The van der Waals surface area contributed by atoms with Gasteiger partial charge in [-0.15, -0.1) is 0 Å². The molecule has 254 valence electrons. The van der Waals surface area contributed by atoms with Gasteiger partial charge in [0.2, 0.25) is 34.8 Å². The molecule has 0 unspecified atom stereocenters. The van der Waals surface area contributed by atoms with Crippen molar-refractivity contribution < 1.29 is 36.6 Å². The predicted octanol–water partition coefficient (Wildman–Crippen LogP) is 8.94. The molecule has 0 heterocycles. The van der Waals surface area contributed by atoms with E-state index in [9.17, 15) is 9.59 Å². The number of hydrogen-bond acceptors (Lipinski definition) is 4. The third-order valence-corrected chi connectivity index (χ3v) is 11.4. The zero-order chi connectivity index (χ0) is 33.7. The summed E-state index contributed by atoms with van der Waals surface area (Å²) in [5.41, 5.74) is 0.635. The van der Waals surface area contributed by atoms with Crippen molar-refractivity contribution in [1.29, 1.82) is 0 Å². The van der Waals surface area contributed by atoms with Crippen molar-refractivity contribution in [3.63, 3.8) is 0 Å². The van der Waals surface area contributed by atoms with Gasteiger partial charge in [0.15, 0.2) is 0 Å². The van der Waals surface area contributed by atoms with E-state index >= 15 is 17.6 Å². The molecule has 4 bridgehead atoms. The maximum atomic E-state index is 15.0. The molecule has 4 saturated carbocycles. The van der Waals surface area contributed by atoms with Gasteiger partial charge in [0, 0.05) is 23.2 Å². The quantitative estimate of drug-likeness (QED) is 0.168. The fourth-order valence-corrected chi connectivity index (χ4v) is 8.96. The van der Waals surface area contributed by atoms with Gasteiger partial charge in [0.25, 0.3) is 11.8 Å². The lowest BCUT2D eigenvalue weighted by Gasteiger charge is -2.28. The van der Waals surface area contributed by atoms with E-state index in [0.29, 0.717) is 34.8 Å². The van der Waals surface area contributed by atoms with Gasteiger partial charge in [-0.25, -0.2) is 0 Å². The molecule has 4 aliphatic carbocycles. The summed E-state index contributed by atoms with van der Waals surface area (Å²) in [5, 5.41) is 6.10. The molecule has 0 aromatic heterocycles. The number of benzene rings is 3. The zero-order valence-corrected chi connectivity index (χ0v) is 27.0. The Morgan fingerprint density at radius 2 is 0.938 bits per heavy atom. The minimum absolute atomic E-state index is 0.0150. The highest BCUT2D eigenvalue weighted by atomic mass is 19.2. The van der Waals surface area contributed by atoms with Gasteiger partial charge in [-0.2, -0.15) is 17.6 Å². The summed E-state index contributed by atoms with van der Waals surface area (Å²) in [7, 11) is 0. The molecule has 6 nitrogen and oxygen atoms in total. The highest BCUT2D eigenvalue weighted by Crippen LogP contribution is 2.50. The fourth-order valence-electron chi connectivity index (χ4n) is 8.96. The van der Waals surface area contributed by atoms with E-state index in [1.807, 2.05) is 13.8 Å². The van der Waals surface area contributed by atoms with Crippen LogP contribution < -0.4 is 20.1 Å². The second kappa shape index (κ2) is 13.1. The van der Waals surface area contributed by atoms with E-state index < -0.39 is 34.8 Å². The maximum absolute atomic E-state index is 15.0. The number of amides is 2. The Bertz CT molecular complexity index is 1540. The Kier molecular flexibility index (Phi) is 8.85. The van der Waals surface area contributed by atoms with Gasteiger partial charge in [0.1, 0.15) is 11.5 Å². The van der Waals surface area contributed by atoms with Crippen LogP contribution in [0.4, 0.5) is 17.6 Å². The lowest BCUT2D eigenvalue weighted by atomic mass is 9.84. The first-order valence-corrected chi connectivity index (χ1v) is 17.1. The molecule has 8 atom stereocenters. The molecule has 7 rings (SSSR count). The fraction of sp³-hybridized carbons (Fsp3) is 0.474. The average molecular weight is 665 g/mol. The van der Waals surface area contributed by atoms with Crippen LogP contribution in [0.1, 0.15) is 85.9 Å². The van der Waals surface area contributed by atoms with Gasteiger partial charge >= 0.3 is 0 Å². The summed E-state index contributed by atoms with van der Waals surface area (Å²) in [6.07, 6.45) is 9.65. The average Bonchev–Trinajstić information content (AvgIpc) is 3.92. The third kappa shape index (κ3) is 6.26. The normalized spacial score (nSPS) is 26.7. The molecule has 2 amide bonds. The Hall–Kier alpha value is -4.08. The number of ether oxygens (including phenoxy) is 2. The van der Waals surface area contributed by atoms with Crippen LogP contribution in [-0.4, -0.2) is 23.9 Å². The summed E-state index contributed by atoms with van der Waals surface area (Å²) in [5.74, 6) is -6.81. The molecule has 10 heteroatoms. The first-order valence-electron chi connectivity index (χ1n) is 17.1. The minimum Gasteiger partial charge on any atom is -0.451 e. The molecule has 0 radical (unpaired) electrons. The zero-order valence-electron chi connectivity index (χ0n) is 27.0. The number of carbonyl (C=O) groups excluding carboxylic acids is 2. The van der Waals surface area contributed by atoms with Crippen LogP contribution in [0.15, 0.2) is 48.5 Å². The molecular weight excluding hydrogens is 624 g/mol. The van der Waals surface area contributed by atoms with E-state index in [4.69, 9.17) is 9.47 Å². The van der Waals surface area contributed by atoms with Crippen LogP contribution in [0.25, 0.3) is 0 Å². The third-order valence-electron chi connectivity index (χ3n) is 11.4. The van der Waals surface area contributed by atoms with Crippen LogP contribution in [0.2, 0.25) is 0 Å². The Balaban J connectivity index is 0.976. The monoisotopic (exact) mass is 664 g/mol. The van der Waals surface area contributed by atoms with E-state index in [1.54, 1.807) is 0 Å². The van der Waals surface area contributed by atoms with Crippen LogP contribution >= 0.6 is 0 Å². The van der Waals surface area contributed by atoms with Gasteiger partial charge in [-0.1, -0.05) is 12.8 Å². The largest absolute Gasteiger partial charge is 0.451 e. The molecule has 0 spiro atoms. The van der Waals surface area contributed by atoms with Crippen molar-refractivity contribution in [2.75, 3.05) is 0 Å². The van der Waals surface area contributed by atoms with E-state index in [2.05, 4.69) is 10.6 Å². The Morgan fingerprint density at radius 1 is 0.583 bits per heavy atom. The first-order chi connectivity index (χ1) is 23.0. The van der Waals surface area contributed by atoms with Crippen LogP contribution in [0.3, 0.4) is 0 Å². The summed E-state index contributed by atoms with van der Waals surface area (Å²) < 4.78 is 70.5. The van der Waals surface area contributed by atoms with Crippen molar-refractivity contribution in [3.8, 4) is 23.0 Å². The first kappa shape index (κ1) is 32.5. The van der Waals surface area contributed by atoms with Crippen molar-refractivity contribution >= 4 is 11.8 Å². The van der Waals surface area contributed by atoms with Gasteiger partial charge in [-0.05, 0) is 136 Å². The number of nitrogens with one attached hydrogen (secondary N) is 2. The van der Waals surface area contributed by atoms with Crippen molar-refractivity contribution in [3.05, 3.63) is 82.9 Å². The van der Waals surface area contributed by atoms with Gasteiger partial charge in [0.05, 0.1) is 0 Å². The second-order valence-electron chi connectivity index (χ2n) is 14.4. The summed E-state index contributed by atoms with van der Waals surface area (Å²) in [6.45, 7) is 4.02. The van der Waals surface area contributed by atoms with Crippen LogP contribution in [0.5, 0.6) is 23.0 Å². The second-order valence-corrected chi connectivity index (χ2v) is 14.4. The molecule has 3 aromatic carbocycles. The van der Waals surface area contributed by atoms with Crippen molar-refractivity contribution in [2.24, 2.45) is 35.5 Å². The summed E-state index contributed by atoms with van der Waals surface area (Å²) >= 11 is 0. The maximum Gasteiger partial charge on any atom is 0.251 e. The van der Waals surface area contributed by atoms with Gasteiger partial charge in [-0.3, -0.25) is 9.59 Å². The smallest absolute Gasteiger partial charge is 0.251 e. The Morgan fingerprint density at radius 3 is 1.23 bits per heavy atom. The van der Waals surface area contributed by atoms with E-state index in [0.717, 1.165) is 24.7 Å². The molecule has 48 heavy (non-hydrogen) atoms. The summed E-state index contributed by atoms with van der Waals surface area (Å²) in [6, 6.07) is 10.9. The number of rotatable bonds is 10. The van der Waals surface area contributed by atoms with Gasteiger partial charge < -0.3 is 20.1 Å². The highest BCUT2D eigenvalue weighted by Gasteiger charge is 2.43. The lowest BCUT2D eigenvalue weighted by Crippen LogP contribution is -2.40. The van der Waals surface area contributed by atoms with E-state index in [-0.39, 0.29) is 35.4 Å². The number of carbonyl (C=O) groups is 2. The SMILES string of the molecule is C[C@H](NC(=O)c1ccc(Oc2c(F)c(F)c(Oc3ccc(C(=O)N[C@@H](C)[C@H]4C[C@@H]5CC[C@@H]4C5)cc3)c(F)c2F)cc1)[C@@H]1C[C@@H]2CC[C@@H]1C2. The number of hydrogen-bond donors (Lipinski definition) is 2. The summed E-state index contributed by atoms with van der Waals surface area (Å²) in [4.78, 5) is 25.7. The predicted molar refractivity (Wildman–Crippen MR) is 171 cm³/mol. The molecule has 0 saturated heterocycles. The standard InChI is InChI=1S/C38H40F4N2O4/c1-19(29-17-21-3-5-25(29)15-21)43-37(45)23-7-11-27(12-8-23)47-35-31(39)33(41)36(34(42)32(35)40)48-28-13-9-24(10-14-28)38(46)44-20(2)30-18-22-4-6-26(30)16-22/h7-14,19-22,25-26,29-30H,3-6,15-18H2,1-2H3,(H,43,45)(H,44,46)/t19-,20-,21+,22+,25+,26+,29-,30+/m0/s1. The highest BCUT2D eigenvalue weighted by molar-refractivity contribution is 5.95. The molecule has 4 aliphatic rings.